The normalized spacial score (nSPS) is 16.3. The molecule has 1 atom stereocenters. The highest BCUT2D eigenvalue weighted by Crippen LogP contribution is 2.45. The number of sulfonamides is 1. The lowest BCUT2D eigenvalue weighted by molar-refractivity contribution is 0.0511. The second-order valence-electron chi connectivity index (χ2n) is 11.2. The zero-order valence-corrected chi connectivity index (χ0v) is 25.6. The van der Waals surface area contributed by atoms with E-state index in [-0.39, 0.29) is 30.4 Å². The van der Waals surface area contributed by atoms with Crippen molar-refractivity contribution >= 4 is 21.3 Å². The van der Waals surface area contributed by atoms with Crippen LogP contribution in [0.15, 0.2) is 65.2 Å². The summed E-state index contributed by atoms with van der Waals surface area (Å²) in [5, 5.41) is 19.8. The number of nitrogens with zero attached hydrogens (tertiary/aromatic N) is 1. The van der Waals surface area contributed by atoms with Gasteiger partial charge in [0.25, 0.3) is 0 Å². The Morgan fingerprint density at radius 2 is 1.73 bits per heavy atom. The van der Waals surface area contributed by atoms with Gasteiger partial charge in [-0.15, -0.1) is 0 Å². The van der Waals surface area contributed by atoms with Gasteiger partial charge in [-0.25, -0.2) is 17.2 Å². The van der Waals surface area contributed by atoms with Gasteiger partial charge >= 0.3 is 0 Å². The standard InChI is InChI=1S/C33H32F2N2O7S/c1-18-12-20(13-19(2)31(18)42-11-10-38)30-16-25-32(44-30)26(17-37(3)33(25)39)24-15-22(36-45(40,41)23-6-7-23)5-9-28(24)43-29-8-4-21(34)14-27(29)35/h4-5,8-9,12-17,23,33,36,38-39H,6-7,10-11H2,1-3H3. The van der Waals surface area contributed by atoms with Gasteiger partial charge in [0.15, 0.2) is 17.8 Å². The average molecular weight is 639 g/mol. The Labute approximate surface area is 259 Å². The van der Waals surface area contributed by atoms with Gasteiger partial charge in [0.1, 0.15) is 35.4 Å². The third-order valence-corrected chi connectivity index (χ3v) is 9.56. The lowest BCUT2D eigenvalue weighted by atomic mass is 9.96. The molecule has 0 radical (unpaired) electrons. The highest BCUT2D eigenvalue weighted by molar-refractivity contribution is 7.93. The molecule has 2 heterocycles. The number of anilines is 1. The number of nitrogens with one attached hydrogen (secondary N) is 1. The van der Waals surface area contributed by atoms with Crippen molar-refractivity contribution < 1.29 is 41.3 Å². The second kappa shape index (κ2) is 11.8. The van der Waals surface area contributed by atoms with Gasteiger partial charge in [-0.1, -0.05) is 0 Å². The molecule has 9 nitrogen and oxygen atoms in total. The van der Waals surface area contributed by atoms with Crippen LogP contribution >= 0.6 is 0 Å². The van der Waals surface area contributed by atoms with Gasteiger partial charge in [0, 0.05) is 47.3 Å². The SMILES string of the molecule is Cc1cc(-c2cc3c(o2)C(c2cc(NS(=O)(=O)C4CC4)ccc2Oc2ccc(F)cc2F)=CN(C)C3O)cc(C)c1OCCO. The molecule has 4 aromatic rings. The monoisotopic (exact) mass is 638 g/mol. The molecule has 1 aliphatic heterocycles. The first-order valence-electron chi connectivity index (χ1n) is 14.4. The Hall–Kier alpha value is -4.39. The summed E-state index contributed by atoms with van der Waals surface area (Å²) < 4.78 is 74.4. The number of hydrogen-bond acceptors (Lipinski definition) is 8. The van der Waals surface area contributed by atoms with Crippen LogP contribution in [-0.4, -0.2) is 49.0 Å². The molecule has 45 heavy (non-hydrogen) atoms. The Bertz CT molecular complexity index is 1890. The summed E-state index contributed by atoms with van der Waals surface area (Å²) in [6.45, 7) is 3.80. The van der Waals surface area contributed by atoms with Gasteiger partial charge in [0.2, 0.25) is 10.0 Å². The molecule has 12 heteroatoms. The minimum atomic E-state index is -3.61. The number of furan rings is 1. The van der Waals surface area contributed by atoms with E-state index in [1.807, 2.05) is 26.0 Å². The van der Waals surface area contributed by atoms with Crippen molar-refractivity contribution in [3.05, 3.63) is 100 Å². The van der Waals surface area contributed by atoms with Crippen LogP contribution in [0.3, 0.4) is 0 Å². The molecule has 2 aliphatic rings. The fourth-order valence-electron chi connectivity index (χ4n) is 5.36. The van der Waals surface area contributed by atoms with Crippen molar-refractivity contribution in [2.45, 2.75) is 38.2 Å². The van der Waals surface area contributed by atoms with Crippen LogP contribution < -0.4 is 14.2 Å². The molecule has 0 saturated heterocycles. The number of aliphatic hydroxyl groups excluding tert-OH is 2. The van der Waals surface area contributed by atoms with E-state index in [9.17, 15) is 27.4 Å². The maximum Gasteiger partial charge on any atom is 0.235 e. The van der Waals surface area contributed by atoms with Crippen LogP contribution in [0, 0.1) is 25.5 Å². The summed E-state index contributed by atoms with van der Waals surface area (Å²) in [6.07, 6.45) is 1.72. The quantitative estimate of drug-likeness (QED) is 0.187. The number of hydrogen-bond donors (Lipinski definition) is 3. The molecule has 6 rings (SSSR count). The maximum atomic E-state index is 14.7. The molecular formula is C33H32F2N2O7S. The number of aryl methyl sites for hydroxylation is 2. The maximum absolute atomic E-state index is 14.7. The summed E-state index contributed by atoms with van der Waals surface area (Å²) in [4.78, 5) is 1.56. The van der Waals surface area contributed by atoms with E-state index in [1.54, 1.807) is 30.3 Å². The Morgan fingerprint density at radius 3 is 2.40 bits per heavy atom. The zero-order valence-electron chi connectivity index (χ0n) is 24.8. The lowest BCUT2D eigenvalue weighted by Gasteiger charge is -2.28. The predicted molar refractivity (Wildman–Crippen MR) is 164 cm³/mol. The van der Waals surface area contributed by atoms with Crippen LogP contribution in [0.2, 0.25) is 0 Å². The van der Waals surface area contributed by atoms with E-state index in [2.05, 4.69) is 4.72 Å². The fraction of sp³-hybridized carbons (Fsp3) is 0.273. The number of halogens is 2. The van der Waals surface area contributed by atoms with Crippen molar-refractivity contribution in [3.63, 3.8) is 0 Å². The summed E-state index contributed by atoms with van der Waals surface area (Å²) in [6, 6.07) is 13.0. The molecular weight excluding hydrogens is 606 g/mol. The van der Waals surface area contributed by atoms with Crippen LogP contribution in [0.1, 0.15) is 47.1 Å². The van der Waals surface area contributed by atoms with E-state index >= 15 is 0 Å². The number of rotatable bonds is 10. The first-order valence-corrected chi connectivity index (χ1v) is 15.9. The summed E-state index contributed by atoms with van der Waals surface area (Å²) in [5.74, 6) is -0.347. The van der Waals surface area contributed by atoms with E-state index in [1.165, 1.54) is 12.1 Å². The molecule has 0 spiro atoms. The summed E-state index contributed by atoms with van der Waals surface area (Å²) in [7, 11) is -1.94. The fourth-order valence-corrected chi connectivity index (χ4v) is 6.74. The van der Waals surface area contributed by atoms with E-state index in [4.69, 9.17) is 13.9 Å². The smallest absolute Gasteiger partial charge is 0.235 e. The molecule has 1 aliphatic carbocycles. The number of benzene rings is 3. The third kappa shape index (κ3) is 6.13. The Balaban J connectivity index is 1.46. The van der Waals surface area contributed by atoms with Gasteiger partial charge in [-0.3, -0.25) is 4.72 Å². The van der Waals surface area contributed by atoms with E-state index < -0.39 is 33.1 Å². The van der Waals surface area contributed by atoms with Crippen molar-refractivity contribution in [1.29, 1.82) is 0 Å². The molecule has 3 aromatic carbocycles. The van der Waals surface area contributed by atoms with Gasteiger partial charge < -0.3 is 29.0 Å². The van der Waals surface area contributed by atoms with Gasteiger partial charge in [-0.2, -0.15) is 0 Å². The molecule has 1 fully saturated rings. The topological polar surface area (TPSA) is 121 Å². The number of ether oxygens (including phenoxy) is 2. The van der Waals surface area contributed by atoms with Crippen molar-refractivity contribution in [3.8, 4) is 28.6 Å². The highest BCUT2D eigenvalue weighted by Gasteiger charge is 2.36. The lowest BCUT2D eigenvalue weighted by Crippen LogP contribution is -2.23. The average Bonchev–Trinajstić information content (AvgIpc) is 3.76. The van der Waals surface area contributed by atoms with Crippen molar-refractivity contribution in [1.82, 2.24) is 4.90 Å². The van der Waals surface area contributed by atoms with E-state index in [0.29, 0.717) is 52.9 Å². The van der Waals surface area contributed by atoms with Gasteiger partial charge in [0.05, 0.1) is 11.9 Å². The number of fused-ring (bicyclic) bond motifs is 1. The van der Waals surface area contributed by atoms with Crippen LogP contribution in [-0.2, 0) is 10.0 Å². The molecule has 0 bridgehead atoms. The Morgan fingerprint density at radius 1 is 1.02 bits per heavy atom. The minimum absolute atomic E-state index is 0.116. The first kappa shape index (κ1) is 30.6. The predicted octanol–water partition coefficient (Wildman–Crippen LogP) is 6.23. The molecule has 0 amide bonds. The molecule has 236 valence electrons. The second-order valence-corrected chi connectivity index (χ2v) is 13.2. The Kier molecular flexibility index (Phi) is 8.06. The molecule has 1 unspecified atom stereocenters. The first-order chi connectivity index (χ1) is 21.4. The molecule has 1 aromatic heterocycles. The highest BCUT2D eigenvalue weighted by atomic mass is 32.2. The number of aliphatic hydroxyl groups is 2. The molecule has 1 saturated carbocycles. The zero-order chi connectivity index (χ0) is 32.0. The van der Waals surface area contributed by atoms with Crippen LogP contribution in [0.25, 0.3) is 16.9 Å². The van der Waals surface area contributed by atoms with Gasteiger partial charge in [-0.05, 0) is 86.3 Å². The summed E-state index contributed by atoms with van der Waals surface area (Å²) in [5.41, 5.74) is 3.87. The minimum Gasteiger partial charge on any atom is -0.491 e. The van der Waals surface area contributed by atoms with Crippen molar-refractivity contribution in [2.75, 3.05) is 25.0 Å². The van der Waals surface area contributed by atoms with Crippen LogP contribution in [0.4, 0.5) is 14.5 Å². The summed E-state index contributed by atoms with van der Waals surface area (Å²) >= 11 is 0. The molecule has 3 N–H and O–H groups in total. The van der Waals surface area contributed by atoms with Crippen molar-refractivity contribution in [2.24, 2.45) is 0 Å². The third-order valence-electron chi connectivity index (χ3n) is 7.69. The van der Waals surface area contributed by atoms with Crippen LogP contribution in [0.5, 0.6) is 17.2 Å². The largest absolute Gasteiger partial charge is 0.491 e. The van der Waals surface area contributed by atoms with E-state index in [0.717, 1.165) is 28.8 Å².